The van der Waals surface area contributed by atoms with E-state index in [4.69, 9.17) is 0 Å². The van der Waals surface area contributed by atoms with Crippen molar-refractivity contribution in [3.8, 4) is 0 Å². The van der Waals surface area contributed by atoms with Gasteiger partial charge in [-0.2, -0.15) is 5.10 Å². The number of Topliss-reactive ketones (excluding diaryl/α,β-unsaturated/α-hetero) is 1. The summed E-state index contributed by atoms with van der Waals surface area (Å²) in [5.41, 5.74) is 1.12. The first kappa shape index (κ1) is 11.6. The molecular formula is C14H16N2O. The standard InChI is InChI=1S/C14H16N2O/c1-14(2,11-7-5-4-6-8-11)13(17)12-9-10-15-16(12)3/h4-10H,1-3H3. The van der Waals surface area contributed by atoms with E-state index in [0.29, 0.717) is 5.69 Å². The third-order valence-electron chi connectivity index (χ3n) is 3.12. The molecule has 3 heteroatoms. The Morgan fingerprint density at radius 1 is 1.18 bits per heavy atom. The number of nitrogens with zero attached hydrogens (tertiary/aromatic N) is 2. The van der Waals surface area contributed by atoms with Crippen molar-refractivity contribution in [2.45, 2.75) is 19.3 Å². The maximum Gasteiger partial charge on any atom is 0.190 e. The van der Waals surface area contributed by atoms with Crippen LogP contribution in [0.5, 0.6) is 0 Å². The zero-order chi connectivity index (χ0) is 12.5. The van der Waals surface area contributed by atoms with E-state index in [0.717, 1.165) is 5.56 Å². The lowest BCUT2D eigenvalue weighted by Gasteiger charge is -2.23. The second-order valence-corrected chi connectivity index (χ2v) is 4.66. The third-order valence-corrected chi connectivity index (χ3v) is 3.12. The van der Waals surface area contributed by atoms with Gasteiger partial charge in [-0.15, -0.1) is 0 Å². The first-order chi connectivity index (χ1) is 8.03. The monoisotopic (exact) mass is 228 g/mol. The summed E-state index contributed by atoms with van der Waals surface area (Å²) in [5.74, 6) is 0.0868. The first-order valence-corrected chi connectivity index (χ1v) is 5.62. The van der Waals surface area contributed by atoms with E-state index in [-0.39, 0.29) is 5.78 Å². The summed E-state index contributed by atoms with van der Waals surface area (Å²) in [6.07, 6.45) is 1.65. The van der Waals surface area contributed by atoms with Gasteiger partial charge in [0.25, 0.3) is 0 Å². The van der Waals surface area contributed by atoms with E-state index in [1.807, 2.05) is 44.2 Å². The van der Waals surface area contributed by atoms with E-state index in [1.54, 1.807) is 24.0 Å². The molecule has 0 aliphatic rings. The molecule has 1 heterocycles. The Morgan fingerprint density at radius 2 is 1.82 bits per heavy atom. The van der Waals surface area contributed by atoms with Gasteiger partial charge < -0.3 is 0 Å². The van der Waals surface area contributed by atoms with Gasteiger partial charge >= 0.3 is 0 Å². The van der Waals surface area contributed by atoms with Crippen LogP contribution < -0.4 is 0 Å². The second-order valence-electron chi connectivity index (χ2n) is 4.66. The molecule has 88 valence electrons. The predicted molar refractivity (Wildman–Crippen MR) is 67.0 cm³/mol. The Kier molecular flexibility index (Phi) is 2.84. The molecule has 1 aromatic carbocycles. The highest BCUT2D eigenvalue weighted by molar-refractivity contribution is 6.02. The Hall–Kier alpha value is -1.90. The average Bonchev–Trinajstić information content (AvgIpc) is 2.75. The molecule has 0 aliphatic carbocycles. The summed E-state index contributed by atoms with van der Waals surface area (Å²) >= 11 is 0. The SMILES string of the molecule is Cn1nccc1C(=O)C(C)(C)c1ccccc1. The highest BCUT2D eigenvalue weighted by Crippen LogP contribution is 2.27. The predicted octanol–water partition coefficient (Wildman–Crippen LogP) is 2.58. The molecular weight excluding hydrogens is 212 g/mol. The molecule has 0 fully saturated rings. The minimum Gasteiger partial charge on any atom is -0.291 e. The van der Waals surface area contributed by atoms with Gasteiger partial charge in [0, 0.05) is 13.2 Å². The lowest BCUT2D eigenvalue weighted by atomic mass is 9.79. The van der Waals surface area contributed by atoms with Crippen molar-refractivity contribution >= 4 is 5.78 Å². The van der Waals surface area contributed by atoms with Crippen molar-refractivity contribution < 1.29 is 4.79 Å². The Balaban J connectivity index is 2.40. The lowest BCUT2D eigenvalue weighted by molar-refractivity contribution is 0.0899. The van der Waals surface area contributed by atoms with Crippen LogP contribution in [0.25, 0.3) is 0 Å². The van der Waals surface area contributed by atoms with E-state index in [1.165, 1.54) is 0 Å². The molecule has 0 unspecified atom stereocenters. The number of benzene rings is 1. The van der Waals surface area contributed by atoms with Crippen LogP contribution in [0.4, 0.5) is 0 Å². The van der Waals surface area contributed by atoms with Gasteiger partial charge in [-0.25, -0.2) is 0 Å². The molecule has 0 saturated heterocycles. The van der Waals surface area contributed by atoms with Gasteiger partial charge in [-0.3, -0.25) is 9.48 Å². The Morgan fingerprint density at radius 3 is 2.35 bits per heavy atom. The van der Waals surface area contributed by atoms with Gasteiger partial charge in [0.05, 0.1) is 5.41 Å². The number of carbonyl (C=O) groups excluding carboxylic acids is 1. The maximum atomic E-state index is 12.5. The van der Waals surface area contributed by atoms with Crippen molar-refractivity contribution in [1.29, 1.82) is 0 Å². The summed E-state index contributed by atoms with van der Waals surface area (Å²) in [4.78, 5) is 12.5. The van der Waals surface area contributed by atoms with Crippen molar-refractivity contribution in [3.05, 3.63) is 53.9 Å². The van der Waals surface area contributed by atoms with E-state index >= 15 is 0 Å². The van der Waals surface area contributed by atoms with Gasteiger partial charge in [-0.1, -0.05) is 30.3 Å². The van der Waals surface area contributed by atoms with Gasteiger partial charge in [0.1, 0.15) is 5.69 Å². The molecule has 0 N–H and O–H groups in total. The molecule has 0 amide bonds. The average molecular weight is 228 g/mol. The molecule has 3 nitrogen and oxygen atoms in total. The fourth-order valence-corrected chi connectivity index (χ4v) is 1.90. The van der Waals surface area contributed by atoms with Crippen molar-refractivity contribution in [1.82, 2.24) is 9.78 Å². The maximum absolute atomic E-state index is 12.5. The zero-order valence-corrected chi connectivity index (χ0v) is 10.3. The highest BCUT2D eigenvalue weighted by Gasteiger charge is 2.31. The number of carbonyl (C=O) groups is 1. The molecule has 0 saturated carbocycles. The van der Waals surface area contributed by atoms with Crippen LogP contribution in [0.3, 0.4) is 0 Å². The molecule has 2 aromatic rings. The smallest absolute Gasteiger partial charge is 0.190 e. The molecule has 2 rings (SSSR count). The number of aromatic nitrogens is 2. The van der Waals surface area contributed by atoms with Crippen LogP contribution in [-0.2, 0) is 12.5 Å². The lowest BCUT2D eigenvalue weighted by Crippen LogP contribution is -2.30. The molecule has 0 spiro atoms. The Labute approximate surface area is 101 Å². The van der Waals surface area contributed by atoms with Crippen LogP contribution >= 0.6 is 0 Å². The summed E-state index contributed by atoms with van der Waals surface area (Å²) in [6.45, 7) is 3.88. The number of rotatable bonds is 3. The molecule has 0 atom stereocenters. The van der Waals surface area contributed by atoms with E-state index < -0.39 is 5.41 Å². The number of hydrogen-bond acceptors (Lipinski definition) is 2. The topological polar surface area (TPSA) is 34.9 Å². The fraction of sp³-hybridized carbons (Fsp3) is 0.286. The van der Waals surface area contributed by atoms with Crippen molar-refractivity contribution in [2.75, 3.05) is 0 Å². The molecule has 0 bridgehead atoms. The van der Waals surface area contributed by atoms with Crippen LogP contribution in [-0.4, -0.2) is 15.6 Å². The summed E-state index contributed by atoms with van der Waals surface area (Å²) in [6, 6.07) is 11.6. The highest BCUT2D eigenvalue weighted by atomic mass is 16.1. The molecule has 0 radical (unpaired) electrons. The number of aryl methyl sites for hydroxylation is 1. The van der Waals surface area contributed by atoms with E-state index in [2.05, 4.69) is 5.10 Å². The normalized spacial score (nSPS) is 11.5. The quantitative estimate of drug-likeness (QED) is 0.757. The van der Waals surface area contributed by atoms with Crippen LogP contribution in [0.15, 0.2) is 42.6 Å². The van der Waals surface area contributed by atoms with Crippen molar-refractivity contribution in [2.24, 2.45) is 7.05 Å². The van der Waals surface area contributed by atoms with Crippen LogP contribution in [0, 0.1) is 0 Å². The zero-order valence-electron chi connectivity index (χ0n) is 10.3. The van der Waals surface area contributed by atoms with Gasteiger partial charge in [0.15, 0.2) is 5.78 Å². The van der Waals surface area contributed by atoms with Crippen LogP contribution in [0.1, 0.15) is 29.9 Å². The van der Waals surface area contributed by atoms with E-state index in [9.17, 15) is 4.79 Å². The van der Waals surface area contributed by atoms with Crippen LogP contribution in [0.2, 0.25) is 0 Å². The fourth-order valence-electron chi connectivity index (χ4n) is 1.90. The largest absolute Gasteiger partial charge is 0.291 e. The summed E-state index contributed by atoms with van der Waals surface area (Å²) in [7, 11) is 1.79. The molecule has 17 heavy (non-hydrogen) atoms. The second kappa shape index (κ2) is 4.17. The summed E-state index contributed by atoms with van der Waals surface area (Å²) in [5, 5.41) is 4.04. The minimum absolute atomic E-state index is 0.0868. The summed E-state index contributed by atoms with van der Waals surface area (Å²) < 4.78 is 1.62. The molecule has 1 aromatic heterocycles. The Bertz CT molecular complexity index is 526. The third kappa shape index (κ3) is 2.00. The van der Waals surface area contributed by atoms with Gasteiger partial charge in [-0.05, 0) is 25.5 Å². The minimum atomic E-state index is -0.533. The number of hydrogen-bond donors (Lipinski definition) is 0. The molecule has 0 aliphatic heterocycles. The van der Waals surface area contributed by atoms with Gasteiger partial charge in [0.2, 0.25) is 0 Å². The van der Waals surface area contributed by atoms with Crippen molar-refractivity contribution in [3.63, 3.8) is 0 Å². The first-order valence-electron chi connectivity index (χ1n) is 5.62. The number of ketones is 1.